The Labute approximate surface area is 119 Å². The van der Waals surface area contributed by atoms with Gasteiger partial charge in [-0.15, -0.1) is 0 Å². The molecule has 0 aromatic rings. The summed E-state index contributed by atoms with van der Waals surface area (Å²) in [6, 6.07) is -0.360. The van der Waals surface area contributed by atoms with Crippen molar-refractivity contribution in [3.8, 4) is 0 Å². The summed E-state index contributed by atoms with van der Waals surface area (Å²) in [5.41, 5.74) is -0.499. The first-order valence-electron chi connectivity index (χ1n) is 6.73. The van der Waals surface area contributed by atoms with Crippen LogP contribution in [0.25, 0.3) is 0 Å². The monoisotopic (exact) mass is 287 g/mol. The van der Waals surface area contributed by atoms with Gasteiger partial charge in [-0.2, -0.15) is 0 Å². The van der Waals surface area contributed by atoms with Crippen LogP contribution in [0.5, 0.6) is 0 Å². The summed E-state index contributed by atoms with van der Waals surface area (Å²) in [6.45, 7) is 8.07. The second-order valence-corrected chi connectivity index (χ2v) is 5.04. The molecular weight excluding hydrogens is 262 g/mol. The number of esters is 1. The molecular formula is C13H25N3O4. The number of nitrogens with one attached hydrogen (secondary N) is 3. The third-order valence-electron chi connectivity index (χ3n) is 2.84. The van der Waals surface area contributed by atoms with E-state index in [1.807, 2.05) is 20.8 Å². The first-order valence-corrected chi connectivity index (χ1v) is 6.73. The van der Waals surface area contributed by atoms with Gasteiger partial charge in [0.2, 0.25) is 5.91 Å². The number of rotatable bonds is 8. The summed E-state index contributed by atoms with van der Waals surface area (Å²) in [5.74, 6) is -0.412. The van der Waals surface area contributed by atoms with Crippen LogP contribution in [0.15, 0.2) is 0 Å². The van der Waals surface area contributed by atoms with Crippen LogP contribution in [0.3, 0.4) is 0 Å². The van der Waals surface area contributed by atoms with E-state index in [0.29, 0.717) is 19.5 Å². The van der Waals surface area contributed by atoms with E-state index in [1.165, 1.54) is 6.92 Å². The van der Waals surface area contributed by atoms with Crippen molar-refractivity contribution in [3.05, 3.63) is 0 Å². The topological polar surface area (TPSA) is 96.5 Å². The lowest BCUT2D eigenvalue weighted by Crippen LogP contribution is -2.41. The first kappa shape index (κ1) is 18.2. The van der Waals surface area contributed by atoms with Gasteiger partial charge in [-0.3, -0.25) is 9.59 Å². The lowest BCUT2D eigenvalue weighted by atomic mass is 9.91. The second kappa shape index (κ2) is 9.17. The molecule has 116 valence electrons. The Hall–Kier alpha value is -1.79. The highest BCUT2D eigenvalue weighted by Gasteiger charge is 2.26. The fourth-order valence-electron chi connectivity index (χ4n) is 1.13. The maximum absolute atomic E-state index is 11.6. The quantitative estimate of drug-likeness (QED) is 0.445. The second-order valence-electron chi connectivity index (χ2n) is 5.04. The molecule has 0 rings (SSSR count). The van der Waals surface area contributed by atoms with Gasteiger partial charge in [-0.05, 0) is 20.3 Å². The van der Waals surface area contributed by atoms with Gasteiger partial charge in [0.1, 0.15) is 6.61 Å². The van der Waals surface area contributed by atoms with Crippen LogP contribution in [0, 0.1) is 5.41 Å². The average Bonchev–Trinajstić information content (AvgIpc) is 2.39. The molecule has 0 atom stereocenters. The van der Waals surface area contributed by atoms with Gasteiger partial charge >= 0.3 is 12.0 Å². The standard InChI is InChI=1S/C13H25N3O4/c1-5-13(3,4)11(18)20-9-8-16-12(19)15-7-6-14-10(2)17/h5-9H2,1-4H3,(H,14,17)(H2,15,16,19). The highest BCUT2D eigenvalue weighted by molar-refractivity contribution is 5.76. The molecule has 3 amide bonds. The minimum Gasteiger partial charge on any atom is -0.463 e. The zero-order valence-electron chi connectivity index (χ0n) is 12.7. The lowest BCUT2D eigenvalue weighted by molar-refractivity contribution is -0.153. The summed E-state index contributed by atoms with van der Waals surface area (Å²) < 4.78 is 5.07. The van der Waals surface area contributed by atoms with Crippen LogP contribution in [-0.2, 0) is 14.3 Å². The third kappa shape index (κ3) is 8.34. The molecule has 0 radical (unpaired) electrons. The van der Waals surface area contributed by atoms with E-state index in [4.69, 9.17) is 4.74 Å². The van der Waals surface area contributed by atoms with Gasteiger partial charge in [0.15, 0.2) is 0 Å². The van der Waals surface area contributed by atoms with Gasteiger partial charge in [-0.25, -0.2) is 4.79 Å². The molecule has 20 heavy (non-hydrogen) atoms. The van der Waals surface area contributed by atoms with E-state index in [2.05, 4.69) is 16.0 Å². The van der Waals surface area contributed by atoms with Crippen molar-refractivity contribution in [3.63, 3.8) is 0 Å². The Bertz CT molecular complexity index is 343. The normalized spacial score (nSPS) is 10.6. The van der Waals surface area contributed by atoms with Gasteiger partial charge in [0, 0.05) is 20.0 Å². The Morgan fingerprint density at radius 3 is 2.10 bits per heavy atom. The van der Waals surface area contributed by atoms with E-state index in [9.17, 15) is 14.4 Å². The molecule has 0 fully saturated rings. The summed E-state index contributed by atoms with van der Waals surface area (Å²) in [7, 11) is 0. The summed E-state index contributed by atoms with van der Waals surface area (Å²) in [4.78, 5) is 33.5. The van der Waals surface area contributed by atoms with Crippen LogP contribution in [0.4, 0.5) is 4.79 Å². The smallest absolute Gasteiger partial charge is 0.314 e. The number of ether oxygens (including phenoxy) is 1. The molecule has 7 nitrogen and oxygen atoms in total. The molecule has 0 aromatic carbocycles. The van der Waals surface area contributed by atoms with Crippen molar-refractivity contribution < 1.29 is 19.1 Å². The van der Waals surface area contributed by atoms with E-state index < -0.39 is 5.41 Å². The highest BCUT2D eigenvalue weighted by Crippen LogP contribution is 2.21. The van der Waals surface area contributed by atoms with Crippen LogP contribution in [0.1, 0.15) is 34.1 Å². The summed E-state index contributed by atoms with van der Waals surface area (Å²) in [5, 5.41) is 7.67. The van der Waals surface area contributed by atoms with E-state index in [-0.39, 0.29) is 31.1 Å². The van der Waals surface area contributed by atoms with E-state index in [0.717, 1.165) is 0 Å². The van der Waals surface area contributed by atoms with Crippen molar-refractivity contribution >= 4 is 17.9 Å². The Balaban J connectivity index is 3.62. The largest absolute Gasteiger partial charge is 0.463 e. The number of carbonyl (C=O) groups excluding carboxylic acids is 3. The Morgan fingerprint density at radius 1 is 1.00 bits per heavy atom. The number of urea groups is 1. The number of carbonyl (C=O) groups is 3. The van der Waals surface area contributed by atoms with Crippen LogP contribution >= 0.6 is 0 Å². The molecule has 0 aromatic heterocycles. The Morgan fingerprint density at radius 2 is 1.55 bits per heavy atom. The van der Waals surface area contributed by atoms with Crippen molar-refractivity contribution in [2.45, 2.75) is 34.1 Å². The van der Waals surface area contributed by atoms with Crippen LogP contribution < -0.4 is 16.0 Å². The molecule has 0 spiro atoms. The fourth-order valence-corrected chi connectivity index (χ4v) is 1.13. The van der Waals surface area contributed by atoms with Crippen molar-refractivity contribution in [2.75, 3.05) is 26.2 Å². The van der Waals surface area contributed by atoms with Gasteiger partial charge < -0.3 is 20.7 Å². The molecule has 7 heteroatoms. The first-order chi connectivity index (χ1) is 9.29. The average molecular weight is 287 g/mol. The predicted molar refractivity (Wildman–Crippen MR) is 75.1 cm³/mol. The lowest BCUT2D eigenvalue weighted by Gasteiger charge is -2.20. The van der Waals surface area contributed by atoms with Crippen molar-refractivity contribution in [1.82, 2.24) is 16.0 Å². The van der Waals surface area contributed by atoms with Gasteiger partial charge in [0.25, 0.3) is 0 Å². The molecule has 0 aliphatic heterocycles. The predicted octanol–water partition coefficient (Wildman–Crippen LogP) is 0.401. The highest BCUT2D eigenvalue weighted by atomic mass is 16.5. The fraction of sp³-hybridized carbons (Fsp3) is 0.769. The zero-order chi connectivity index (χ0) is 15.6. The molecule has 0 saturated heterocycles. The van der Waals surface area contributed by atoms with Gasteiger partial charge in [0.05, 0.1) is 12.0 Å². The van der Waals surface area contributed by atoms with Crippen LogP contribution in [0.2, 0.25) is 0 Å². The minimum absolute atomic E-state index is 0.140. The Kier molecular flexibility index (Phi) is 8.35. The summed E-state index contributed by atoms with van der Waals surface area (Å²) in [6.07, 6.45) is 0.697. The molecule has 3 N–H and O–H groups in total. The molecule has 0 bridgehead atoms. The van der Waals surface area contributed by atoms with Crippen LogP contribution in [-0.4, -0.2) is 44.1 Å². The number of hydrogen-bond acceptors (Lipinski definition) is 4. The number of amides is 3. The number of hydrogen-bond donors (Lipinski definition) is 3. The molecule has 0 saturated carbocycles. The minimum atomic E-state index is -0.499. The molecule has 0 heterocycles. The maximum atomic E-state index is 11.6. The molecule has 0 unspecified atom stereocenters. The third-order valence-corrected chi connectivity index (χ3v) is 2.84. The van der Waals surface area contributed by atoms with Gasteiger partial charge in [-0.1, -0.05) is 6.92 Å². The SMILES string of the molecule is CCC(C)(C)C(=O)OCCNC(=O)NCCNC(C)=O. The summed E-state index contributed by atoms with van der Waals surface area (Å²) >= 11 is 0. The van der Waals surface area contributed by atoms with E-state index >= 15 is 0 Å². The molecule has 0 aliphatic rings. The van der Waals surface area contributed by atoms with E-state index in [1.54, 1.807) is 0 Å². The van der Waals surface area contributed by atoms with Crippen molar-refractivity contribution in [2.24, 2.45) is 5.41 Å². The maximum Gasteiger partial charge on any atom is 0.314 e. The molecule has 0 aliphatic carbocycles. The zero-order valence-corrected chi connectivity index (χ0v) is 12.7. The van der Waals surface area contributed by atoms with Crippen molar-refractivity contribution in [1.29, 1.82) is 0 Å².